The Hall–Kier alpha value is -0.460. The summed E-state index contributed by atoms with van der Waals surface area (Å²) in [5.41, 5.74) is 0.298. The number of benzene rings is 1. The van der Waals surface area contributed by atoms with Gasteiger partial charge >= 0.3 is 0 Å². The lowest BCUT2D eigenvalue weighted by Gasteiger charge is -2.05. The maximum atomic E-state index is 13.3. The first-order valence-corrected chi connectivity index (χ1v) is 7.09. The first-order chi connectivity index (χ1) is 8.06. The van der Waals surface area contributed by atoms with Gasteiger partial charge in [0.15, 0.2) is 0 Å². The Bertz CT molecular complexity index is 523. The summed E-state index contributed by atoms with van der Waals surface area (Å²) in [5.74, 6) is -1.16. The van der Waals surface area contributed by atoms with Crippen molar-refractivity contribution >= 4 is 48.9 Å². The van der Waals surface area contributed by atoms with Crippen molar-refractivity contribution in [3.63, 3.8) is 0 Å². The predicted octanol–water partition coefficient (Wildman–Crippen LogP) is 5.16. The second-order valence-electron chi connectivity index (χ2n) is 3.31. The minimum Gasteiger partial charge on any atom is -0.378 e. The summed E-state index contributed by atoms with van der Waals surface area (Å²) < 4.78 is 28.0. The van der Waals surface area contributed by atoms with Crippen molar-refractivity contribution < 1.29 is 8.78 Å². The highest BCUT2D eigenvalue weighted by Gasteiger charge is 2.06. The lowest BCUT2D eigenvalue weighted by atomic mass is 10.3. The number of thiophene rings is 1. The third kappa shape index (κ3) is 3.26. The normalized spacial score (nSPS) is 10.6. The molecule has 0 aliphatic rings. The fourth-order valence-corrected chi connectivity index (χ4v) is 3.41. The molecule has 0 saturated heterocycles. The highest BCUT2D eigenvalue weighted by molar-refractivity contribution is 9.13. The van der Waals surface area contributed by atoms with Gasteiger partial charge < -0.3 is 5.32 Å². The molecule has 0 aliphatic heterocycles. The SMILES string of the molecule is Fc1ccc(NCc2cc(Br)c(Br)s2)c(F)c1. The molecule has 17 heavy (non-hydrogen) atoms. The van der Waals surface area contributed by atoms with E-state index in [1.807, 2.05) is 6.07 Å². The summed E-state index contributed by atoms with van der Waals surface area (Å²) in [4.78, 5) is 1.05. The molecule has 0 saturated carbocycles. The average molecular weight is 383 g/mol. The van der Waals surface area contributed by atoms with Gasteiger partial charge in [0.1, 0.15) is 11.6 Å². The molecule has 0 unspecified atom stereocenters. The van der Waals surface area contributed by atoms with Crippen LogP contribution in [0.2, 0.25) is 0 Å². The zero-order valence-electron chi connectivity index (χ0n) is 8.44. The Kier molecular flexibility index (Phi) is 4.17. The topological polar surface area (TPSA) is 12.0 Å². The Morgan fingerprint density at radius 2 is 1.94 bits per heavy atom. The first-order valence-electron chi connectivity index (χ1n) is 4.69. The Morgan fingerprint density at radius 1 is 1.18 bits per heavy atom. The van der Waals surface area contributed by atoms with Gasteiger partial charge in [0, 0.05) is 22.0 Å². The second-order valence-corrected chi connectivity index (χ2v) is 6.62. The molecule has 1 nitrogen and oxygen atoms in total. The lowest BCUT2D eigenvalue weighted by molar-refractivity contribution is 0.585. The summed E-state index contributed by atoms with van der Waals surface area (Å²) in [5, 5.41) is 2.92. The van der Waals surface area contributed by atoms with E-state index in [0.717, 1.165) is 19.2 Å². The second kappa shape index (κ2) is 5.46. The van der Waals surface area contributed by atoms with Crippen LogP contribution in [0.25, 0.3) is 0 Å². The van der Waals surface area contributed by atoms with Crippen LogP contribution in [-0.2, 0) is 6.54 Å². The molecule has 0 fully saturated rings. The lowest BCUT2D eigenvalue weighted by Crippen LogP contribution is -2.00. The third-order valence-corrected chi connectivity index (χ3v) is 5.34. The standard InChI is InChI=1S/C11H7Br2F2NS/c12-8-4-7(17-11(8)13)5-16-10-2-1-6(14)3-9(10)15/h1-4,16H,5H2. The Morgan fingerprint density at radius 3 is 2.53 bits per heavy atom. The van der Waals surface area contributed by atoms with E-state index < -0.39 is 11.6 Å². The van der Waals surface area contributed by atoms with Gasteiger partial charge in [-0.15, -0.1) is 11.3 Å². The molecule has 1 aromatic heterocycles. The van der Waals surface area contributed by atoms with E-state index in [2.05, 4.69) is 37.2 Å². The fourth-order valence-electron chi connectivity index (χ4n) is 1.29. The van der Waals surface area contributed by atoms with Crippen LogP contribution in [-0.4, -0.2) is 0 Å². The molecule has 0 spiro atoms. The molecule has 0 radical (unpaired) electrons. The van der Waals surface area contributed by atoms with E-state index in [1.165, 1.54) is 12.1 Å². The molecule has 0 amide bonds. The van der Waals surface area contributed by atoms with Crippen LogP contribution >= 0.6 is 43.2 Å². The molecule has 6 heteroatoms. The van der Waals surface area contributed by atoms with Gasteiger partial charge in [-0.3, -0.25) is 0 Å². The van der Waals surface area contributed by atoms with Crippen molar-refractivity contribution in [3.05, 3.63) is 49.0 Å². The maximum absolute atomic E-state index is 13.3. The highest BCUT2D eigenvalue weighted by Crippen LogP contribution is 2.32. The molecule has 0 aliphatic carbocycles. The van der Waals surface area contributed by atoms with E-state index in [0.29, 0.717) is 12.2 Å². The molecular weight excluding hydrogens is 376 g/mol. The summed E-state index contributed by atoms with van der Waals surface area (Å²) in [6.45, 7) is 0.497. The first kappa shape index (κ1) is 13.0. The largest absolute Gasteiger partial charge is 0.378 e. The molecular formula is C11H7Br2F2NS. The number of anilines is 1. The zero-order chi connectivity index (χ0) is 12.4. The number of nitrogens with one attached hydrogen (secondary N) is 1. The Labute approximate surface area is 118 Å². The van der Waals surface area contributed by atoms with Crippen LogP contribution in [0.1, 0.15) is 4.88 Å². The quantitative estimate of drug-likeness (QED) is 0.772. The van der Waals surface area contributed by atoms with Crippen LogP contribution in [0.3, 0.4) is 0 Å². The number of halogens is 4. The molecule has 0 atom stereocenters. The van der Waals surface area contributed by atoms with E-state index in [-0.39, 0.29) is 0 Å². The van der Waals surface area contributed by atoms with Crippen LogP contribution in [0.5, 0.6) is 0 Å². The smallest absolute Gasteiger partial charge is 0.149 e. The van der Waals surface area contributed by atoms with Gasteiger partial charge in [-0.05, 0) is 50.1 Å². The molecule has 1 aromatic carbocycles. The summed E-state index contributed by atoms with van der Waals surface area (Å²) >= 11 is 8.32. The third-order valence-electron chi connectivity index (χ3n) is 2.08. The zero-order valence-corrected chi connectivity index (χ0v) is 12.4. The minimum atomic E-state index is -0.584. The maximum Gasteiger partial charge on any atom is 0.149 e. The van der Waals surface area contributed by atoms with E-state index in [9.17, 15) is 8.78 Å². The molecule has 2 aromatic rings. The van der Waals surface area contributed by atoms with E-state index in [4.69, 9.17) is 0 Å². The van der Waals surface area contributed by atoms with Gasteiger partial charge in [-0.1, -0.05) is 0 Å². The van der Waals surface area contributed by atoms with Crippen LogP contribution in [0.15, 0.2) is 32.5 Å². The average Bonchev–Trinajstić information content (AvgIpc) is 2.57. The molecule has 90 valence electrons. The summed E-state index contributed by atoms with van der Waals surface area (Å²) in [6.07, 6.45) is 0. The fraction of sp³-hybridized carbons (Fsp3) is 0.0909. The molecule has 0 bridgehead atoms. The van der Waals surface area contributed by atoms with E-state index in [1.54, 1.807) is 11.3 Å². The van der Waals surface area contributed by atoms with Crippen molar-refractivity contribution in [3.8, 4) is 0 Å². The number of hydrogen-bond acceptors (Lipinski definition) is 2. The van der Waals surface area contributed by atoms with Gasteiger partial charge in [-0.25, -0.2) is 8.78 Å². The van der Waals surface area contributed by atoms with Crippen LogP contribution in [0, 0.1) is 11.6 Å². The summed E-state index contributed by atoms with van der Waals surface area (Å²) in [7, 11) is 0. The molecule has 1 N–H and O–H groups in total. The molecule has 1 heterocycles. The Balaban J connectivity index is 2.07. The van der Waals surface area contributed by atoms with Crippen LogP contribution < -0.4 is 5.32 Å². The van der Waals surface area contributed by atoms with E-state index >= 15 is 0 Å². The number of rotatable bonds is 3. The van der Waals surface area contributed by atoms with Crippen molar-refractivity contribution in [1.82, 2.24) is 0 Å². The molecule has 2 rings (SSSR count). The van der Waals surface area contributed by atoms with Gasteiger partial charge in [0.25, 0.3) is 0 Å². The monoisotopic (exact) mass is 381 g/mol. The predicted molar refractivity (Wildman–Crippen MR) is 73.4 cm³/mol. The van der Waals surface area contributed by atoms with Gasteiger partial charge in [0.05, 0.1) is 9.47 Å². The number of hydrogen-bond donors (Lipinski definition) is 1. The van der Waals surface area contributed by atoms with Crippen molar-refractivity contribution in [2.75, 3.05) is 5.32 Å². The van der Waals surface area contributed by atoms with Gasteiger partial charge in [-0.2, -0.15) is 0 Å². The highest BCUT2D eigenvalue weighted by atomic mass is 79.9. The van der Waals surface area contributed by atoms with Crippen LogP contribution in [0.4, 0.5) is 14.5 Å². The van der Waals surface area contributed by atoms with Gasteiger partial charge in [0.2, 0.25) is 0 Å². The van der Waals surface area contributed by atoms with Crippen molar-refractivity contribution in [2.24, 2.45) is 0 Å². The summed E-state index contributed by atoms with van der Waals surface area (Å²) in [6, 6.07) is 5.43. The van der Waals surface area contributed by atoms with Crippen molar-refractivity contribution in [1.29, 1.82) is 0 Å². The minimum absolute atomic E-state index is 0.298. The van der Waals surface area contributed by atoms with Crippen molar-refractivity contribution in [2.45, 2.75) is 6.54 Å².